The normalized spacial score (nSPS) is 9.94. The van der Waals surface area contributed by atoms with Crippen LogP contribution in [0.3, 0.4) is 0 Å². The molecule has 0 bridgehead atoms. The quantitative estimate of drug-likeness (QED) is 0.743. The van der Waals surface area contributed by atoms with E-state index < -0.39 is 11.8 Å². The molecule has 0 aliphatic heterocycles. The third-order valence-electron chi connectivity index (χ3n) is 2.34. The van der Waals surface area contributed by atoms with Crippen molar-refractivity contribution in [2.45, 2.75) is 6.42 Å². The molecule has 0 unspecified atom stereocenters. The standard InChI is InChI=1S/C13H8F2N2/c14-11-4-2-1-3-10(11)13-9(7-8-16)5-6-12(15)17-13/h1-6H,7H2. The number of halogens is 2. The molecule has 84 valence electrons. The summed E-state index contributed by atoms with van der Waals surface area (Å²) in [4.78, 5) is 3.67. The highest BCUT2D eigenvalue weighted by Gasteiger charge is 2.11. The lowest BCUT2D eigenvalue weighted by molar-refractivity contribution is 0.582. The fourth-order valence-electron chi connectivity index (χ4n) is 1.58. The molecule has 17 heavy (non-hydrogen) atoms. The van der Waals surface area contributed by atoms with E-state index >= 15 is 0 Å². The van der Waals surface area contributed by atoms with Crippen LogP contribution < -0.4 is 0 Å². The zero-order chi connectivity index (χ0) is 12.3. The van der Waals surface area contributed by atoms with Crippen LogP contribution in [-0.2, 0) is 6.42 Å². The Bertz CT molecular complexity index is 588. The molecule has 0 radical (unpaired) electrons. The summed E-state index contributed by atoms with van der Waals surface area (Å²) in [5.41, 5.74) is 0.904. The van der Waals surface area contributed by atoms with Crippen LogP contribution in [0.2, 0.25) is 0 Å². The molecule has 0 aliphatic rings. The van der Waals surface area contributed by atoms with Crippen LogP contribution in [0.25, 0.3) is 11.3 Å². The summed E-state index contributed by atoms with van der Waals surface area (Å²) in [7, 11) is 0. The van der Waals surface area contributed by atoms with Crippen molar-refractivity contribution in [3.63, 3.8) is 0 Å². The number of nitrogens with zero attached hydrogens (tertiary/aromatic N) is 2. The molecule has 0 N–H and O–H groups in total. The first-order valence-corrected chi connectivity index (χ1v) is 4.99. The number of rotatable bonds is 2. The average molecular weight is 230 g/mol. The molecule has 2 aromatic rings. The smallest absolute Gasteiger partial charge is 0.213 e. The van der Waals surface area contributed by atoms with Crippen molar-refractivity contribution in [2.75, 3.05) is 0 Å². The minimum Gasteiger partial charge on any atom is -0.219 e. The van der Waals surface area contributed by atoms with E-state index in [9.17, 15) is 8.78 Å². The summed E-state index contributed by atoms with van der Waals surface area (Å²) in [5.74, 6) is -1.17. The Balaban J connectivity index is 2.62. The molecule has 2 nitrogen and oxygen atoms in total. The third kappa shape index (κ3) is 2.28. The molecule has 1 aromatic carbocycles. The van der Waals surface area contributed by atoms with Crippen LogP contribution in [0.15, 0.2) is 36.4 Å². The molecule has 1 heterocycles. The van der Waals surface area contributed by atoms with Crippen molar-refractivity contribution < 1.29 is 8.78 Å². The Morgan fingerprint density at radius 3 is 2.59 bits per heavy atom. The van der Waals surface area contributed by atoms with Crippen LogP contribution in [-0.4, -0.2) is 4.98 Å². The monoisotopic (exact) mass is 230 g/mol. The molecule has 0 aliphatic carbocycles. The van der Waals surface area contributed by atoms with E-state index in [-0.39, 0.29) is 17.7 Å². The van der Waals surface area contributed by atoms with Gasteiger partial charge in [-0.1, -0.05) is 18.2 Å². The second-order valence-corrected chi connectivity index (χ2v) is 3.46. The van der Waals surface area contributed by atoms with Gasteiger partial charge in [-0.2, -0.15) is 9.65 Å². The summed E-state index contributed by atoms with van der Waals surface area (Å²) in [6.07, 6.45) is 0.0664. The number of nitriles is 1. The first-order chi connectivity index (χ1) is 8.22. The van der Waals surface area contributed by atoms with Crippen LogP contribution in [0.1, 0.15) is 5.56 Å². The lowest BCUT2D eigenvalue weighted by atomic mass is 10.0. The fourth-order valence-corrected chi connectivity index (χ4v) is 1.58. The first kappa shape index (κ1) is 11.2. The van der Waals surface area contributed by atoms with Gasteiger partial charge in [0.25, 0.3) is 0 Å². The van der Waals surface area contributed by atoms with Gasteiger partial charge >= 0.3 is 0 Å². The average Bonchev–Trinajstić information content (AvgIpc) is 2.32. The topological polar surface area (TPSA) is 36.7 Å². The Morgan fingerprint density at radius 1 is 1.12 bits per heavy atom. The van der Waals surface area contributed by atoms with Gasteiger partial charge in [-0.15, -0.1) is 0 Å². The van der Waals surface area contributed by atoms with Crippen molar-refractivity contribution in [2.24, 2.45) is 0 Å². The van der Waals surface area contributed by atoms with Gasteiger partial charge < -0.3 is 0 Å². The Labute approximate surface area is 97.2 Å². The lowest BCUT2D eigenvalue weighted by Crippen LogP contribution is -1.97. The number of benzene rings is 1. The van der Waals surface area contributed by atoms with E-state index in [1.54, 1.807) is 12.1 Å². The van der Waals surface area contributed by atoms with E-state index in [1.807, 2.05) is 6.07 Å². The summed E-state index contributed by atoms with van der Waals surface area (Å²) in [6.45, 7) is 0. The molecule has 0 amide bonds. The molecule has 0 spiro atoms. The van der Waals surface area contributed by atoms with Crippen molar-refractivity contribution in [3.8, 4) is 17.3 Å². The van der Waals surface area contributed by atoms with Gasteiger partial charge in [0.05, 0.1) is 18.2 Å². The fraction of sp³-hybridized carbons (Fsp3) is 0.0769. The number of aromatic nitrogens is 1. The molecule has 0 saturated heterocycles. The molecule has 4 heteroatoms. The summed E-state index contributed by atoms with van der Waals surface area (Å²) in [5, 5.41) is 8.66. The molecular formula is C13H8F2N2. The van der Waals surface area contributed by atoms with E-state index in [1.165, 1.54) is 18.2 Å². The number of hydrogen-bond donors (Lipinski definition) is 0. The SMILES string of the molecule is N#CCc1ccc(F)nc1-c1ccccc1F. The van der Waals surface area contributed by atoms with Gasteiger partial charge in [-0.25, -0.2) is 9.37 Å². The Morgan fingerprint density at radius 2 is 1.88 bits per heavy atom. The van der Waals surface area contributed by atoms with Crippen molar-refractivity contribution >= 4 is 0 Å². The molecular weight excluding hydrogens is 222 g/mol. The summed E-state index contributed by atoms with van der Waals surface area (Å²) >= 11 is 0. The highest BCUT2D eigenvalue weighted by molar-refractivity contribution is 5.64. The maximum absolute atomic E-state index is 13.6. The lowest BCUT2D eigenvalue weighted by Gasteiger charge is -2.06. The maximum Gasteiger partial charge on any atom is 0.213 e. The largest absolute Gasteiger partial charge is 0.219 e. The minimum absolute atomic E-state index is 0.0664. The molecule has 2 rings (SSSR count). The molecule has 0 atom stereocenters. The molecule has 0 saturated carbocycles. The van der Waals surface area contributed by atoms with Gasteiger partial charge in [-0.05, 0) is 23.8 Å². The van der Waals surface area contributed by atoms with E-state index in [0.717, 1.165) is 6.07 Å². The van der Waals surface area contributed by atoms with Gasteiger partial charge in [0.15, 0.2) is 0 Å². The van der Waals surface area contributed by atoms with Crippen molar-refractivity contribution in [1.82, 2.24) is 4.98 Å². The van der Waals surface area contributed by atoms with E-state index in [4.69, 9.17) is 5.26 Å². The van der Waals surface area contributed by atoms with E-state index in [0.29, 0.717) is 5.56 Å². The molecule has 0 fully saturated rings. The van der Waals surface area contributed by atoms with Crippen LogP contribution in [0, 0.1) is 23.1 Å². The zero-order valence-corrected chi connectivity index (χ0v) is 8.82. The predicted octanol–water partition coefficient (Wildman–Crippen LogP) is 3.09. The van der Waals surface area contributed by atoms with Crippen LogP contribution >= 0.6 is 0 Å². The zero-order valence-electron chi connectivity index (χ0n) is 8.82. The van der Waals surface area contributed by atoms with E-state index in [2.05, 4.69) is 4.98 Å². The van der Waals surface area contributed by atoms with Crippen molar-refractivity contribution in [1.29, 1.82) is 5.26 Å². The Hall–Kier alpha value is -2.28. The number of pyridine rings is 1. The maximum atomic E-state index is 13.6. The Kier molecular flexibility index (Phi) is 3.10. The predicted molar refractivity (Wildman–Crippen MR) is 58.9 cm³/mol. The highest BCUT2D eigenvalue weighted by atomic mass is 19.1. The second-order valence-electron chi connectivity index (χ2n) is 3.46. The van der Waals surface area contributed by atoms with Crippen molar-refractivity contribution in [3.05, 3.63) is 53.7 Å². The number of hydrogen-bond acceptors (Lipinski definition) is 2. The van der Waals surface area contributed by atoms with Gasteiger partial charge in [-0.3, -0.25) is 0 Å². The van der Waals surface area contributed by atoms with Gasteiger partial charge in [0.1, 0.15) is 5.82 Å². The second kappa shape index (κ2) is 4.71. The first-order valence-electron chi connectivity index (χ1n) is 4.99. The summed E-state index contributed by atoms with van der Waals surface area (Å²) in [6, 6.07) is 10.5. The van der Waals surface area contributed by atoms with Gasteiger partial charge in [0.2, 0.25) is 5.95 Å². The highest BCUT2D eigenvalue weighted by Crippen LogP contribution is 2.24. The third-order valence-corrected chi connectivity index (χ3v) is 2.34. The summed E-state index contributed by atoms with van der Waals surface area (Å²) < 4.78 is 26.7. The minimum atomic E-state index is -0.690. The van der Waals surface area contributed by atoms with Crippen LogP contribution in [0.5, 0.6) is 0 Å². The van der Waals surface area contributed by atoms with Crippen LogP contribution in [0.4, 0.5) is 8.78 Å². The van der Waals surface area contributed by atoms with Gasteiger partial charge in [0, 0.05) is 5.56 Å². The molecule has 1 aromatic heterocycles.